The molecular formula is C15H20O4. The van der Waals surface area contributed by atoms with Gasteiger partial charge in [0.1, 0.15) is 6.61 Å². The van der Waals surface area contributed by atoms with E-state index in [1.807, 2.05) is 0 Å². The van der Waals surface area contributed by atoms with Crippen molar-refractivity contribution < 1.29 is 19.0 Å². The zero-order valence-electron chi connectivity index (χ0n) is 11.0. The molecule has 3 saturated carbocycles. The highest BCUT2D eigenvalue weighted by Gasteiger charge is 2.66. The van der Waals surface area contributed by atoms with Crippen molar-refractivity contribution in [3.05, 3.63) is 12.7 Å². The Balaban J connectivity index is 1.28. The van der Waals surface area contributed by atoms with Crippen molar-refractivity contribution in [1.29, 1.82) is 0 Å². The molecule has 1 heterocycles. The third kappa shape index (κ3) is 1.84. The summed E-state index contributed by atoms with van der Waals surface area (Å²) in [5.74, 6) is 2.83. The fourth-order valence-electron chi connectivity index (χ4n) is 4.84. The van der Waals surface area contributed by atoms with Gasteiger partial charge in [0.05, 0.1) is 24.9 Å². The number of esters is 1. The van der Waals surface area contributed by atoms with Gasteiger partial charge in [-0.2, -0.15) is 0 Å². The Bertz CT molecular complexity index is 407. The number of epoxide rings is 1. The van der Waals surface area contributed by atoms with Crippen LogP contribution in [0.5, 0.6) is 0 Å². The van der Waals surface area contributed by atoms with Gasteiger partial charge < -0.3 is 14.2 Å². The molecule has 4 heteroatoms. The molecule has 3 aliphatic carbocycles. The first-order valence-corrected chi connectivity index (χ1v) is 7.34. The first kappa shape index (κ1) is 11.9. The molecule has 1 aliphatic heterocycles. The summed E-state index contributed by atoms with van der Waals surface area (Å²) in [6.07, 6.45) is 6.47. The van der Waals surface area contributed by atoms with E-state index in [9.17, 15) is 4.79 Å². The van der Waals surface area contributed by atoms with Crippen molar-refractivity contribution in [1.82, 2.24) is 0 Å². The van der Waals surface area contributed by atoms with Crippen molar-refractivity contribution >= 4 is 5.97 Å². The van der Waals surface area contributed by atoms with Gasteiger partial charge in [-0.05, 0) is 42.9 Å². The van der Waals surface area contributed by atoms with E-state index in [-0.39, 0.29) is 5.97 Å². The minimum atomic E-state index is -0.373. The van der Waals surface area contributed by atoms with E-state index in [1.54, 1.807) is 0 Å². The number of ether oxygens (including phenoxy) is 3. The van der Waals surface area contributed by atoms with Crippen LogP contribution in [0, 0.1) is 23.7 Å². The predicted molar refractivity (Wildman–Crippen MR) is 67.4 cm³/mol. The maximum atomic E-state index is 10.9. The first-order chi connectivity index (χ1) is 9.28. The Morgan fingerprint density at radius 2 is 2.16 bits per heavy atom. The second-order valence-electron chi connectivity index (χ2n) is 6.29. The van der Waals surface area contributed by atoms with Crippen LogP contribution in [0.4, 0.5) is 0 Å². The van der Waals surface area contributed by atoms with Crippen LogP contribution in [0.25, 0.3) is 0 Å². The molecule has 4 fully saturated rings. The van der Waals surface area contributed by atoms with E-state index in [0.29, 0.717) is 37.4 Å². The van der Waals surface area contributed by atoms with Crippen molar-refractivity contribution in [3.63, 3.8) is 0 Å². The summed E-state index contributed by atoms with van der Waals surface area (Å²) in [6, 6.07) is 0. The summed E-state index contributed by atoms with van der Waals surface area (Å²) >= 11 is 0. The Kier molecular flexibility index (Phi) is 2.71. The minimum Gasteiger partial charge on any atom is -0.460 e. The smallest absolute Gasteiger partial charge is 0.330 e. The lowest BCUT2D eigenvalue weighted by molar-refractivity contribution is -0.140. The summed E-state index contributed by atoms with van der Waals surface area (Å²) in [5, 5.41) is 0. The summed E-state index contributed by atoms with van der Waals surface area (Å²) < 4.78 is 16.6. The number of hydrogen-bond donors (Lipinski definition) is 0. The van der Waals surface area contributed by atoms with Gasteiger partial charge in [-0.15, -0.1) is 0 Å². The number of carbonyl (C=O) groups is 1. The topological polar surface area (TPSA) is 48.1 Å². The monoisotopic (exact) mass is 264 g/mol. The molecule has 0 amide bonds. The number of carbonyl (C=O) groups excluding carboxylic acids is 1. The Hall–Kier alpha value is -0.870. The minimum absolute atomic E-state index is 0.329. The lowest BCUT2D eigenvalue weighted by Gasteiger charge is -2.32. The van der Waals surface area contributed by atoms with Gasteiger partial charge in [0.2, 0.25) is 0 Å². The second kappa shape index (κ2) is 4.32. The van der Waals surface area contributed by atoms with E-state index in [0.717, 1.165) is 17.8 Å². The van der Waals surface area contributed by atoms with Crippen molar-refractivity contribution in [2.24, 2.45) is 23.7 Å². The van der Waals surface area contributed by atoms with Crippen molar-refractivity contribution in [2.45, 2.75) is 37.6 Å². The SMILES string of the molecule is C=CC(=O)OCCOC1CC2CC1C1C2CC2OC21. The van der Waals surface area contributed by atoms with Crippen LogP contribution >= 0.6 is 0 Å². The second-order valence-corrected chi connectivity index (χ2v) is 6.29. The predicted octanol–water partition coefficient (Wildman–Crippen LogP) is 1.54. The fraction of sp³-hybridized carbons (Fsp3) is 0.800. The van der Waals surface area contributed by atoms with E-state index in [2.05, 4.69) is 6.58 Å². The molecule has 0 N–H and O–H groups in total. The van der Waals surface area contributed by atoms with Gasteiger partial charge in [0.25, 0.3) is 0 Å². The zero-order chi connectivity index (χ0) is 13.0. The molecule has 104 valence electrons. The average molecular weight is 264 g/mol. The van der Waals surface area contributed by atoms with Crippen LogP contribution in [0.1, 0.15) is 19.3 Å². The van der Waals surface area contributed by atoms with E-state index in [4.69, 9.17) is 14.2 Å². The van der Waals surface area contributed by atoms with Gasteiger partial charge in [0.15, 0.2) is 0 Å². The van der Waals surface area contributed by atoms with Gasteiger partial charge in [-0.25, -0.2) is 4.79 Å². The Morgan fingerprint density at radius 3 is 3.00 bits per heavy atom. The molecule has 1 saturated heterocycles. The van der Waals surface area contributed by atoms with Crippen LogP contribution in [-0.2, 0) is 19.0 Å². The van der Waals surface area contributed by atoms with Gasteiger partial charge in [0, 0.05) is 6.08 Å². The molecule has 0 aromatic rings. The molecule has 19 heavy (non-hydrogen) atoms. The summed E-state index contributed by atoms with van der Waals surface area (Å²) in [5.41, 5.74) is 0. The highest BCUT2D eigenvalue weighted by Crippen LogP contribution is 2.64. The molecule has 0 spiro atoms. The van der Waals surface area contributed by atoms with E-state index in [1.165, 1.54) is 25.3 Å². The third-order valence-electron chi connectivity index (χ3n) is 5.51. The molecule has 4 aliphatic rings. The van der Waals surface area contributed by atoms with Crippen molar-refractivity contribution in [3.8, 4) is 0 Å². The summed E-state index contributed by atoms with van der Waals surface area (Å²) in [4.78, 5) is 10.9. The van der Waals surface area contributed by atoms with Crippen LogP contribution in [0.15, 0.2) is 12.7 Å². The standard InChI is InChI=1S/C15H20O4/c1-2-13(16)18-4-3-17-11-6-8-5-10(11)14-9(8)7-12-15(14)19-12/h2,8-12,14-15H,1,3-7H2. The Labute approximate surface area is 113 Å². The van der Waals surface area contributed by atoms with E-state index >= 15 is 0 Å². The van der Waals surface area contributed by atoms with Crippen LogP contribution < -0.4 is 0 Å². The molecule has 0 radical (unpaired) electrons. The lowest BCUT2D eigenvalue weighted by Crippen LogP contribution is -2.34. The molecule has 0 aromatic heterocycles. The molecule has 7 atom stereocenters. The molecule has 4 nitrogen and oxygen atoms in total. The molecule has 4 rings (SSSR count). The summed E-state index contributed by atoms with van der Waals surface area (Å²) in [7, 11) is 0. The molecular weight excluding hydrogens is 244 g/mol. The van der Waals surface area contributed by atoms with Gasteiger partial charge in [-0.3, -0.25) is 0 Å². The number of hydrogen-bond acceptors (Lipinski definition) is 4. The number of rotatable bonds is 5. The van der Waals surface area contributed by atoms with Gasteiger partial charge >= 0.3 is 5.97 Å². The van der Waals surface area contributed by atoms with Gasteiger partial charge in [-0.1, -0.05) is 6.58 Å². The quantitative estimate of drug-likeness (QED) is 0.327. The zero-order valence-corrected chi connectivity index (χ0v) is 11.0. The van der Waals surface area contributed by atoms with Crippen molar-refractivity contribution in [2.75, 3.05) is 13.2 Å². The normalized spacial score (nSPS) is 48.7. The van der Waals surface area contributed by atoms with Crippen LogP contribution in [-0.4, -0.2) is 37.5 Å². The highest BCUT2D eigenvalue weighted by atomic mass is 16.6. The average Bonchev–Trinajstić information content (AvgIpc) is 2.79. The van der Waals surface area contributed by atoms with Crippen LogP contribution in [0.3, 0.4) is 0 Å². The maximum Gasteiger partial charge on any atom is 0.330 e. The summed E-state index contributed by atoms with van der Waals surface area (Å²) in [6.45, 7) is 4.20. The largest absolute Gasteiger partial charge is 0.460 e. The van der Waals surface area contributed by atoms with Crippen LogP contribution in [0.2, 0.25) is 0 Å². The van der Waals surface area contributed by atoms with E-state index < -0.39 is 0 Å². The maximum absolute atomic E-state index is 10.9. The molecule has 0 aromatic carbocycles. The molecule has 2 bridgehead atoms. The third-order valence-corrected chi connectivity index (χ3v) is 5.51. The highest BCUT2D eigenvalue weighted by molar-refractivity contribution is 5.81. The Morgan fingerprint density at radius 1 is 1.26 bits per heavy atom. The lowest BCUT2D eigenvalue weighted by atomic mass is 9.79. The fourth-order valence-corrected chi connectivity index (χ4v) is 4.84. The molecule has 7 unspecified atom stereocenters. The number of fused-ring (bicyclic) bond motifs is 7. The first-order valence-electron chi connectivity index (χ1n) is 7.34.